The summed E-state index contributed by atoms with van der Waals surface area (Å²) in [4.78, 5) is 6.53. The summed E-state index contributed by atoms with van der Waals surface area (Å²) in [6.45, 7) is 2.73. The third-order valence-electron chi connectivity index (χ3n) is 2.79. The van der Waals surface area contributed by atoms with E-state index in [1.807, 2.05) is 24.0 Å². The lowest BCUT2D eigenvalue weighted by Crippen LogP contribution is -2.33. The van der Waals surface area contributed by atoms with E-state index in [2.05, 4.69) is 36.2 Å². The first-order chi connectivity index (χ1) is 7.72. The fourth-order valence-corrected chi connectivity index (χ4v) is 2.55. The number of rotatable bonds is 6. The molecule has 0 spiro atoms. The Labute approximate surface area is 102 Å². The van der Waals surface area contributed by atoms with Crippen LogP contribution in [0.5, 0.6) is 0 Å². The van der Waals surface area contributed by atoms with Gasteiger partial charge in [-0.05, 0) is 24.8 Å². The fraction of sp³-hybridized carbons (Fsp3) is 0.583. The third-order valence-corrected chi connectivity index (χ3v) is 3.51. The molecule has 1 rings (SSSR count). The van der Waals surface area contributed by atoms with Crippen molar-refractivity contribution < 1.29 is 0 Å². The molecule has 16 heavy (non-hydrogen) atoms. The average molecular weight is 239 g/mol. The van der Waals surface area contributed by atoms with E-state index in [0.29, 0.717) is 12.6 Å². The predicted molar refractivity (Wildman–Crippen MR) is 73.0 cm³/mol. The van der Waals surface area contributed by atoms with Gasteiger partial charge in [-0.25, -0.2) is 0 Å². The normalized spacial score (nSPS) is 12.5. The molecule has 2 N–H and O–H groups in total. The lowest BCUT2D eigenvalue weighted by atomic mass is 10.2. The lowest BCUT2D eigenvalue weighted by molar-refractivity contribution is 0.672. The maximum Gasteiger partial charge on any atom is 0.0560 e. The van der Waals surface area contributed by atoms with Gasteiger partial charge < -0.3 is 10.6 Å². The first kappa shape index (κ1) is 13.3. The van der Waals surface area contributed by atoms with Crippen LogP contribution in [0.4, 0.5) is 5.69 Å². The number of pyridine rings is 1. The van der Waals surface area contributed by atoms with Crippen molar-refractivity contribution in [1.29, 1.82) is 0 Å². The Kier molecular flexibility index (Phi) is 5.63. The topological polar surface area (TPSA) is 42.2 Å². The standard InChI is InChI=1S/C12H21N3S/c1-4-11(9-16-3)15(2)12-5-6-14-10(7-12)8-13/h5-7,11H,4,8-9,13H2,1-3H3. The van der Waals surface area contributed by atoms with Crippen molar-refractivity contribution in [3.63, 3.8) is 0 Å². The molecular formula is C12H21N3S. The summed E-state index contributed by atoms with van der Waals surface area (Å²) in [6, 6.07) is 4.69. The Morgan fingerprint density at radius 3 is 2.88 bits per heavy atom. The van der Waals surface area contributed by atoms with E-state index < -0.39 is 0 Å². The van der Waals surface area contributed by atoms with E-state index in [1.165, 1.54) is 5.69 Å². The predicted octanol–water partition coefficient (Wildman–Crippen LogP) is 2.12. The number of nitrogens with zero attached hydrogens (tertiary/aromatic N) is 2. The number of anilines is 1. The second kappa shape index (κ2) is 6.76. The summed E-state index contributed by atoms with van der Waals surface area (Å²) in [5.74, 6) is 1.15. The summed E-state index contributed by atoms with van der Waals surface area (Å²) >= 11 is 1.89. The van der Waals surface area contributed by atoms with Gasteiger partial charge in [-0.15, -0.1) is 0 Å². The van der Waals surface area contributed by atoms with E-state index in [-0.39, 0.29) is 0 Å². The van der Waals surface area contributed by atoms with E-state index in [0.717, 1.165) is 17.9 Å². The molecule has 1 aromatic heterocycles. The Bertz CT molecular complexity index is 317. The van der Waals surface area contributed by atoms with Gasteiger partial charge in [0.1, 0.15) is 0 Å². The molecule has 3 nitrogen and oxygen atoms in total. The van der Waals surface area contributed by atoms with E-state index in [9.17, 15) is 0 Å². The molecule has 0 aromatic carbocycles. The van der Waals surface area contributed by atoms with Gasteiger partial charge in [0.15, 0.2) is 0 Å². The molecule has 0 aliphatic rings. The highest BCUT2D eigenvalue weighted by Gasteiger charge is 2.12. The molecule has 0 saturated carbocycles. The van der Waals surface area contributed by atoms with Crippen molar-refractivity contribution in [3.8, 4) is 0 Å². The number of hydrogen-bond donors (Lipinski definition) is 1. The molecule has 1 atom stereocenters. The minimum Gasteiger partial charge on any atom is -0.371 e. The Balaban J connectivity index is 2.80. The first-order valence-corrected chi connectivity index (χ1v) is 6.99. The van der Waals surface area contributed by atoms with Gasteiger partial charge in [-0.3, -0.25) is 4.98 Å². The minimum atomic E-state index is 0.501. The summed E-state index contributed by atoms with van der Waals surface area (Å²) < 4.78 is 0. The summed E-state index contributed by atoms with van der Waals surface area (Å²) in [5, 5.41) is 0. The van der Waals surface area contributed by atoms with Gasteiger partial charge in [-0.1, -0.05) is 6.92 Å². The van der Waals surface area contributed by atoms with Gasteiger partial charge in [0.2, 0.25) is 0 Å². The summed E-state index contributed by atoms with van der Waals surface area (Å²) in [5.41, 5.74) is 7.75. The second-order valence-electron chi connectivity index (χ2n) is 3.84. The van der Waals surface area contributed by atoms with Crippen LogP contribution in [0.25, 0.3) is 0 Å². The third kappa shape index (κ3) is 3.39. The van der Waals surface area contributed by atoms with Crippen LogP contribution in [-0.4, -0.2) is 30.1 Å². The van der Waals surface area contributed by atoms with Crippen LogP contribution in [-0.2, 0) is 6.54 Å². The van der Waals surface area contributed by atoms with Crippen LogP contribution in [0.2, 0.25) is 0 Å². The molecule has 0 radical (unpaired) electrons. The molecule has 1 unspecified atom stereocenters. The quantitative estimate of drug-likeness (QED) is 0.825. The SMILES string of the molecule is CCC(CSC)N(C)c1ccnc(CN)c1. The molecule has 0 amide bonds. The Morgan fingerprint density at radius 2 is 2.31 bits per heavy atom. The number of hydrogen-bond acceptors (Lipinski definition) is 4. The largest absolute Gasteiger partial charge is 0.371 e. The zero-order chi connectivity index (χ0) is 12.0. The van der Waals surface area contributed by atoms with Crippen molar-refractivity contribution >= 4 is 17.4 Å². The van der Waals surface area contributed by atoms with Crippen molar-refractivity contribution in [2.24, 2.45) is 5.73 Å². The highest BCUT2D eigenvalue weighted by atomic mass is 32.2. The number of thioether (sulfide) groups is 1. The maximum absolute atomic E-state index is 5.60. The van der Waals surface area contributed by atoms with Crippen LogP contribution >= 0.6 is 11.8 Å². The van der Waals surface area contributed by atoms with Crippen molar-refractivity contribution in [3.05, 3.63) is 24.0 Å². The van der Waals surface area contributed by atoms with Crippen LogP contribution in [0.15, 0.2) is 18.3 Å². The number of nitrogens with two attached hydrogens (primary N) is 1. The smallest absolute Gasteiger partial charge is 0.0560 e. The minimum absolute atomic E-state index is 0.501. The van der Waals surface area contributed by atoms with Crippen LogP contribution in [0.1, 0.15) is 19.0 Å². The molecular weight excluding hydrogens is 218 g/mol. The Morgan fingerprint density at radius 1 is 1.56 bits per heavy atom. The van der Waals surface area contributed by atoms with Gasteiger partial charge in [0.25, 0.3) is 0 Å². The molecule has 0 aliphatic heterocycles. The summed E-state index contributed by atoms with van der Waals surface area (Å²) in [6.07, 6.45) is 5.13. The Hall–Kier alpha value is -0.740. The fourth-order valence-electron chi connectivity index (χ4n) is 1.70. The monoisotopic (exact) mass is 239 g/mol. The zero-order valence-corrected chi connectivity index (χ0v) is 11.1. The molecule has 1 heterocycles. The molecule has 1 aromatic rings. The van der Waals surface area contributed by atoms with Gasteiger partial charge >= 0.3 is 0 Å². The molecule has 0 saturated heterocycles. The maximum atomic E-state index is 5.60. The molecule has 4 heteroatoms. The van der Waals surface area contributed by atoms with E-state index in [4.69, 9.17) is 5.73 Å². The van der Waals surface area contributed by atoms with Gasteiger partial charge in [0.05, 0.1) is 5.69 Å². The molecule has 0 bridgehead atoms. The highest BCUT2D eigenvalue weighted by molar-refractivity contribution is 7.98. The van der Waals surface area contributed by atoms with Crippen LogP contribution < -0.4 is 10.6 Å². The van der Waals surface area contributed by atoms with Crippen molar-refractivity contribution in [2.75, 3.05) is 24.0 Å². The first-order valence-electron chi connectivity index (χ1n) is 5.59. The molecule has 0 fully saturated rings. The van der Waals surface area contributed by atoms with Crippen LogP contribution in [0.3, 0.4) is 0 Å². The van der Waals surface area contributed by atoms with Crippen molar-refractivity contribution in [2.45, 2.75) is 25.9 Å². The average Bonchev–Trinajstić information content (AvgIpc) is 2.35. The number of aromatic nitrogens is 1. The second-order valence-corrected chi connectivity index (χ2v) is 4.75. The van der Waals surface area contributed by atoms with Crippen molar-refractivity contribution in [1.82, 2.24) is 4.98 Å². The van der Waals surface area contributed by atoms with Gasteiger partial charge in [-0.2, -0.15) is 11.8 Å². The molecule has 90 valence electrons. The van der Waals surface area contributed by atoms with E-state index in [1.54, 1.807) is 0 Å². The summed E-state index contributed by atoms with van der Waals surface area (Å²) in [7, 11) is 2.14. The molecule has 0 aliphatic carbocycles. The highest BCUT2D eigenvalue weighted by Crippen LogP contribution is 2.18. The van der Waals surface area contributed by atoms with E-state index >= 15 is 0 Å². The lowest BCUT2D eigenvalue weighted by Gasteiger charge is -2.29. The van der Waals surface area contributed by atoms with Crippen LogP contribution in [0, 0.1) is 0 Å². The van der Waals surface area contributed by atoms with Gasteiger partial charge in [0, 0.05) is 37.3 Å². The zero-order valence-electron chi connectivity index (χ0n) is 10.3.